The minimum absolute atomic E-state index is 0.0491. The lowest BCUT2D eigenvalue weighted by Crippen LogP contribution is -2.37. The van der Waals surface area contributed by atoms with E-state index in [1.807, 2.05) is 32.9 Å². The van der Waals surface area contributed by atoms with Gasteiger partial charge in [0.15, 0.2) is 5.76 Å². The molecule has 0 saturated heterocycles. The molecule has 3 rings (SSSR count). The van der Waals surface area contributed by atoms with Gasteiger partial charge in [0.1, 0.15) is 11.5 Å². The number of nitrogens with one attached hydrogen (secondary N) is 1. The van der Waals surface area contributed by atoms with Crippen LogP contribution in [0.2, 0.25) is 0 Å². The Balaban J connectivity index is 1.86. The number of rotatable bonds is 7. The van der Waals surface area contributed by atoms with E-state index in [-0.39, 0.29) is 11.9 Å². The molecule has 8 heteroatoms. The normalized spacial score (nSPS) is 12.1. The van der Waals surface area contributed by atoms with Gasteiger partial charge in [-0.2, -0.15) is 5.10 Å². The van der Waals surface area contributed by atoms with Gasteiger partial charge in [0.05, 0.1) is 30.1 Å². The van der Waals surface area contributed by atoms with E-state index in [1.165, 1.54) is 6.20 Å². The van der Waals surface area contributed by atoms with Crippen LogP contribution < -0.4 is 5.32 Å². The van der Waals surface area contributed by atoms with E-state index < -0.39 is 0 Å². The standard InChI is InChI=1S/C19H23N5O3/c1-5-14(11-26-4)22-18(25)15-10-21-24(13(15)3)19-20-9-8-16(23-19)17-7-6-12(2)27-17/h6-10,14H,5,11H2,1-4H3,(H,22,25)/t14-/m0/s1. The van der Waals surface area contributed by atoms with Crippen LogP contribution in [0.3, 0.4) is 0 Å². The van der Waals surface area contributed by atoms with Crippen molar-refractivity contribution in [3.8, 4) is 17.4 Å². The first-order chi connectivity index (χ1) is 13.0. The quantitative estimate of drug-likeness (QED) is 0.688. The number of nitrogens with zero attached hydrogens (tertiary/aromatic N) is 4. The molecule has 0 aliphatic rings. The van der Waals surface area contributed by atoms with Gasteiger partial charge >= 0.3 is 0 Å². The molecule has 27 heavy (non-hydrogen) atoms. The monoisotopic (exact) mass is 369 g/mol. The second-order valence-electron chi connectivity index (χ2n) is 6.24. The number of ether oxygens (including phenoxy) is 1. The fourth-order valence-corrected chi connectivity index (χ4v) is 2.72. The summed E-state index contributed by atoms with van der Waals surface area (Å²) in [6.45, 7) is 6.15. The molecule has 0 aliphatic carbocycles. The van der Waals surface area contributed by atoms with Crippen molar-refractivity contribution in [2.75, 3.05) is 13.7 Å². The Morgan fingerprint density at radius 3 is 2.81 bits per heavy atom. The van der Waals surface area contributed by atoms with Crippen molar-refractivity contribution in [2.24, 2.45) is 0 Å². The Morgan fingerprint density at radius 1 is 1.33 bits per heavy atom. The largest absolute Gasteiger partial charge is 0.460 e. The van der Waals surface area contributed by atoms with E-state index in [1.54, 1.807) is 24.1 Å². The molecule has 8 nitrogen and oxygen atoms in total. The van der Waals surface area contributed by atoms with Crippen LogP contribution in [0.4, 0.5) is 0 Å². The number of furan rings is 1. The Bertz CT molecular complexity index is 931. The van der Waals surface area contributed by atoms with Crippen LogP contribution in [-0.2, 0) is 4.74 Å². The molecule has 0 aliphatic heterocycles. The molecule has 3 aromatic rings. The Hall–Kier alpha value is -3.00. The maximum absolute atomic E-state index is 12.6. The lowest BCUT2D eigenvalue weighted by atomic mass is 10.2. The zero-order valence-corrected chi connectivity index (χ0v) is 15.9. The van der Waals surface area contributed by atoms with Gasteiger partial charge in [-0.25, -0.2) is 14.6 Å². The van der Waals surface area contributed by atoms with Gasteiger partial charge in [0.2, 0.25) is 0 Å². The number of hydrogen-bond acceptors (Lipinski definition) is 6. The average Bonchev–Trinajstić information content (AvgIpc) is 3.27. The van der Waals surface area contributed by atoms with E-state index in [9.17, 15) is 4.79 Å². The molecule has 3 heterocycles. The number of aromatic nitrogens is 4. The van der Waals surface area contributed by atoms with E-state index in [0.717, 1.165) is 12.2 Å². The first-order valence-corrected chi connectivity index (χ1v) is 8.78. The number of aryl methyl sites for hydroxylation is 1. The lowest BCUT2D eigenvalue weighted by molar-refractivity contribution is 0.0894. The van der Waals surface area contributed by atoms with Gasteiger partial charge in [0, 0.05) is 13.3 Å². The molecule has 0 unspecified atom stereocenters. The lowest BCUT2D eigenvalue weighted by Gasteiger charge is -2.15. The molecule has 142 valence electrons. The van der Waals surface area contributed by atoms with Crippen LogP contribution in [0.15, 0.2) is 35.0 Å². The second-order valence-corrected chi connectivity index (χ2v) is 6.24. The van der Waals surface area contributed by atoms with Crippen LogP contribution in [0.5, 0.6) is 0 Å². The highest BCUT2D eigenvalue weighted by atomic mass is 16.5. The molecule has 1 amide bonds. The van der Waals surface area contributed by atoms with Gasteiger partial charge in [0.25, 0.3) is 11.9 Å². The predicted molar refractivity (Wildman–Crippen MR) is 99.8 cm³/mol. The number of hydrogen-bond donors (Lipinski definition) is 1. The summed E-state index contributed by atoms with van der Waals surface area (Å²) < 4.78 is 12.3. The summed E-state index contributed by atoms with van der Waals surface area (Å²) >= 11 is 0. The van der Waals surface area contributed by atoms with Gasteiger partial charge in [-0.1, -0.05) is 6.92 Å². The first kappa shape index (κ1) is 18.8. The molecular formula is C19H23N5O3. The van der Waals surface area contributed by atoms with Gasteiger partial charge in [-0.3, -0.25) is 4.79 Å². The molecule has 0 bridgehead atoms. The van der Waals surface area contributed by atoms with Gasteiger partial charge < -0.3 is 14.5 Å². The molecule has 0 saturated carbocycles. The van der Waals surface area contributed by atoms with Gasteiger partial charge in [-0.05, 0) is 38.5 Å². The minimum Gasteiger partial charge on any atom is -0.460 e. The van der Waals surface area contributed by atoms with Crippen LogP contribution in [-0.4, -0.2) is 45.4 Å². The third-order valence-electron chi connectivity index (χ3n) is 4.28. The van der Waals surface area contributed by atoms with Crippen molar-refractivity contribution < 1.29 is 13.9 Å². The molecule has 0 spiro atoms. The molecule has 0 radical (unpaired) electrons. The molecule has 1 atom stereocenters. The summed E-state index contributed by atoms with van der Waals surface area (Å²) in [5, 5.41) is 7.25. The highest BCUT2D eigenvalue weighted by Crippen LogP contribution is 2.20. The molecular weight excluding hydrogens is 346 g/mol. The van der Waals surface area contributed by atoms with E-state index >= 15 is 0 Å². The fourth-order valence-electron chi connectivity index (χ4n) is 2.72. The van der Waals surface area contributed by atoms with Crippen molar-refractivity contribution >= 4 is 5.91 Å². The van der Waals surface area contributed by atoms with Crippen molar-refractivity contribution in [1.82, 2.24) is 25.1 Å². The Kier molecular flexibility index (Phi) is 5.66. The van der Waals surface area contributed by atoms with Crippen molar-refractivity contribution in [1.29, 1.82) is 0 Å². The third-order valence-corrected chi connectivity index (χ3v) is 4.28. The Morgan fingerprint density at radius 2 is 2.15 bits per heavy atom. The molecule has 3 aromatic heterocycles. The van der Waals surface area contributed by atoms with Crippen LogP contribution >= 0.6 is 0 Å². The van der Waals surface area contributed by atoms with E-state index in [2.05, 4.69) is 20.4 Å². The maximum atomic E-state index is 12.6. The average molecular weight is 369 g/mol. The summed E-state index contributed by atoms with van der Waals surface area (Å²) in [5.41, 5.74) is 1.79. The fraction of sp³-hybridized carbons (Fsp3) is 0.368. The number of carbonyl (C=O) groups excluding carboxylic acids is 1. The smallest absolute Gasteiger partial charge is 0.255 e. The SMILES string of the molecule is CC[C@@H](COC)NC(=O)c1cnn(-c2nccc(-c3ccc(C)o3)n2)c1C. The Labute approximate surface area is 157 Å². The van der Waals surface area contributed by atoms with Crippen molar-refractivity contribution in [3.05, 3.63) is 47.6 Å². The van der Waals surface area contributed by atoms with Crippen LogP contribution in [0.25, 0.3) is 17.4 Å². The summed E-state index contributed by atoms with van der Waals surface area (Å²) in [6.07, 6.45) is 3.94. The molecule has 0 aromatic carbocycles. The number of amides is 1. The second kappa shape index (κ2) is 8.13. The highest BCUT2D eigenvalue weighted by molar-refractivity contribution is 5.95. The topological polar surface area (TPSA) is 95.1 Å². The summed E-state index contributed by atoms with van der Waals surface area (Å²) in [7, 11) is 1.61. The number of carbonyl (C=O) groups is 1. The summed E-state index contributed by atoms with van der Waals surface area (Å²) in [5.74, 6) is 1.65. The first-order valence-electron chi connectivity index (χ1n) is 8.78. The van der Waals surface area contributed by atoms with E-state index in [4.69, 9.17) is 9.15 Å². The zero-order chi connectivity index (χ0) is 19.4. The third kappa shape index (κ3) is 4.06. The predicted octanol–water partition coefficient (Wildman–Crippen LogP) is 2.69. The van der Waals surface area contributed by atoms with Crippen molar-refractivity contribution in [3.63, 3.8) is 0 Å². The minimum atomic E-state index is -0.194. The molecule has 1 N–H and O–H groups in total. The maximum Gasteiger partial charge on any atom is 0.255 e. The molecule has 0 fully saturated rings. The van der Waals surface area contributed by atoms with Crippen LogP contribution in [0, 0.1) is 13.8 Å². The van der Waals surface area contributed by atoms with Crippen molar-refractivity contribution in [2.45, 2.75) is 33.2 Å². The summed E-state index contributed by atoms with van der Waals surface area (Å²) in [6, 6.07) is 5.46. The van der Waals surface area contributed by atoms with Gasteiger partial charge in [-0.15, -0.1) is 0 Å². The van der Waals surface area contributed by atoms with E-state index in [0.29, 0.717) is 35.3 Å². The highest BCUT2D eigenvalue weighted by Gasteiger charge is 2.19. The van der Waals surface area contributed by atoms with Crippen LogP contribution in [0.1, 0.15) is 35.2 Å². The summed E-state index contributed by atoms with van der Waals surface area (Å²) in [4.78, 5) is 21.4. The zero-order valence-electron chi connectivity index (χ0n) is 15.9. The number of methoxy groups -OCH3 is 1.